The summed E-state index contributed by atoms with van der Waals surface area (Å²) in [6.45, 7) is 2.51. The molecule has 0 saturated carbocycles. The first kappa shape index (κ1) is 19.0. The van der Waals surface area contributed by atoms with Gasteiger partial charge in [-0.3, -0.25) is 9.78 Å². The molecule has 1 fully saturated rings. The fourth-order valence-corrected chi connectivity index (χ4v) is 3.20. The number of halogens is 3. The summed E-state index contributed by atoms with van der Waals surface area (Å²) in [6.07, 6.45) is 3.58. The van der Waals surface area contributed by atoms with Gasteiger partial charge in [-0.1, -0.05) is 0 Å². The lowest BCUT2D eigenvalue weighted by Crippen LogP contribution is -2.48. The van der Waals surface area contributed by atoms with Gasteiger partial charge in [-0.15, -0.1) is 0 Å². The number of methoxy groups -OCH3 is 1. The standard InChI is InChI=1S/C19H20F3N3O2/c1-27-19-13(12-15(20)17(21)18(19)22)2-3-16(26)25-10-8-24(9-11-25)14-4-6-23-7-5-14/h4-7,12H,2-3,8-11H2,1H3. The molecular formula is C19H20F3N3O2. The van der Waals surface area contributed by atoms with Gasteiger partial charge in [-0.05, 0) is 24.6 Å². The van der Waals surface area contributed by atoms with E-state index in [2.05, 4.69) is 9.88 Å². The van der Waals surface area contributed by atoms with Gasteiger partial charge in [0.15, 0.2) is 17.4 Å². The van der Waals surface area contributed by atoms with Gasteiger partial charge in [-0.25, -0.2) is 8.78 Å². The van der Waals surface area contributed by atoms with Crippen LogP contribution in [-0.4, -0.2) is 49.1 Å². The largest absolute Gasteiger partial charge is 0.493 e. The number of nitrogens with zero attached hydrogens (tertiary/aromatic N) is 3. The maximum atomic E-state index is 13.8. The van der Waals surface area contributed by atoms with E-state index in [-0.39, 0.29) is 30.1 Å². The van der Waals surface area contributed by atoms with Gasteiger partial charge in [0.05, 0.1) is 7.11 Å². The molecule has 1 amide bonds. The lowest BCUT2D eigenvalue weighted by atomic mass is 10.1. The van der Waals surface area contributed by atoms with Gasteiger partial charge >= 0.3 is 0 Å². The second kappa shape index (κ2) is 8.28. The SMILES string of the molecule is COc1c(CCC(=O)N2CCN(c3ccncc3)CC2)cc(F)c(F)c1F. The van der Waals surface area contributed by atoms with E-state index in [1.54, 1.807) is 17.3 Å². The minimum absolute atomic E-state index is 0.0656. The normalized spacial score (nSPS) is 14.4. The summed E-state index contributed by atoms with van der Waals surface area (Å²) >= 11 is 0. The van der Waals surface area contributed by atoms with Crippen molar-refractivity contribution in [1.82, 2.24) is 9.88 Å². The number of carbonyl (C=O) groups is 1. The van der Waals surface area contributed by atoms with E-state index >= 15 is 0 Å². The Hall–Kier alpha value is -2.77. The van der Waals surface area contributed by atoms with Crippen LogP contribution in [0.15, 0.2) is 30.6 Å². The zero-order valence-electron chi connectivity index (χ0n) is 14.9. The van der Waals surface area contributed by atoms with Crippen molar-refractivity contribution in [2.75, 3.05) is 38.2 Å². The van der Waals surface area contributed by atoms with E-state index in [1.165, 1.54) is 7.11 Å². The van der Waals surface area contributed by atoms with Gasteiger partial charge in [0.1, 0.15) is 0 Å². The quantitative estimate of drug-likeness (QED) is 0.750. The second-order valence-electron chi connectivity index (χ2n) is 6.25. The molecule has 8 heteroatoms. The topological polar surface area (TPSA) is 45.7 Å². The third-order valence-corrected chi connectivity index (χ3v) is 4.67. The first-order chi connectivity index (χ1) is 13.0. The van der Waals surface area contributed by atoms with Crippen LogP contribution in [0.1, 0.15) is 12.0 Å². The minimum Gasteiger partial charge on any atom is -0.493 e. The molecule has 0 unspecified atom stereocenters. The summed E-state index contributed by atoms with van der Waals surface area (Å²) in [6, 6.07) is 4.72. The molecule has 0 atom stereocenters. The summed E-state index contributed by atoms with van der Waals surface area (Å²) in [4.78, 5) is 20.3. The zero-order valence-corrected chi connectivity index (χ0v) is 14.9. The number of hydrogen-bond acceptors (Lipinski definition) is 4. The molecule has 0 bridgehead atoms. The summed E-state index contributed by atoms with van der Waals surface area (Å²) in [5.74, 6) is -4.71. The molecule has 0 spiro atoms. The Bertz CT molecular complexity index is 810. The number of aryl methyl sites for hydroxylation is 1. The fraction of sp³-hybridized carbons (Fsp3) is 0.368. The van der Waals surface area contributed by atoms with Crippen molar-refractivity contribution in [3.63, 3.8) is 0 Å². The molecule has 2 aromatic rings. The number of amides is 1. The number of aromatic nitrogens is 1. The van der Waals surface area contributed by atoms with Gasteiger partial charge in [0, 0.05) is 56.2 Å². The van der Waals surface area contributed by atoms with Crippen LogP contribution in [0.5, 0.6) is 5.75 Å². The number of rotatable bonds is 5. The van der Waals surface area contributed by atoms with E-state index < -0.39 is 17.5 Å². The van der Waals surface area contributed by atoms with E-state index in [4.69, 9.17) is 4.74 Å². The van der Waals surface area contributed by atoms with Crippen molar-refractivity contribution in [2.24, 2.45) is 0 Å². The van der Waals surface area contributed by atoms with Crippen molar-refractivity contribution >= 4 is 11.6 Å². The summed E-state index contributed by atoms with van der Waals surface area (Å²) in [5.41, 5.74) is 1.19. The number of benzene rings is 1. The van der Waals surface area contributed by atoms with Crippen LogP contribution in [0.25, 0.3) is 0 Å². The lowest BCUT2D eigenvalue weighted by molar-refractivity contribution is -0.131. The van der Waals surface area contributed by atoms with Gasteiger partial charge < -0.3 is 14.5 Å². The van der Waals surface area contributed by atoms with Crippen LogP contribution in [0.2, 0.25) is 0 Å². The molecule has 0 N–H and O–H groups in total. The second-order valence-corrected chi connectivity index (χ2v) is 6.25. The smallest absolute Gasteiger partial charge is 0.223 e. The van der Waals surface area contributed by atoms with Crippen molar-refractivity contribution in [1.29, 1.82) is 0 Å². The molecule has 5 nitrogen and oxygen atoms in total. The predicted octanol–water partition coefficient (Wildman–Crippen LogP) is 2.79. The molecule has 144 valence electrons. The van der Waals surface area contributed by atoms with E-state index in [9.17, 15) is 18.0 Å². The van der Waals surface area contributed by atoms with Gasteiger partial charge in [0.2, 0.25) is 11.7 Å². The molecule has 0 radical (unpaired) electrons. The molecule has 27 heavy (non-hydrogen) atoms. The number of hydrogen-bond donors (Lipinski definition) is 0. The average molecular weight is 379 g/mol. The van der Waals surface area contributed by atoms with Crippen LogP contribution in [0.4, 0.5) is 18.9 Å². The first-order valence-corrected chi connectivity index (χ1v) is 8.64. The molecule has 1 aliphatic rings. The van der Waals surface area contributed by atoms with E-state index in [1.807, 2.05) is 12.1 Å². The van der Waals surface area contributed by atoms with Gasteiger partial charge in [0.25, 0.3) is 0 Å². The third kappa shape index (κ3) is 4.15. The van der Waals surface area contributed by atoms with Crippen molar-refractivity contribution in [2.45, 2.75) is 12.8 Å². The number of anilines is 1. The molecule has 1 aromatic carbocycles. The van der Waals surface area contributed by atoms with E-state index in [0.717, 1.165) is 11.8 Å². The third-order valence-electron chi connectivity index (χ3n) is 4.67. The number of pyridine rings is 1. The Morgan fingerprint density at radius 2 is 1.78 bits per heavy atom. The predicted molar refractivity (Wildman–Crippen MR) is 94.2 cm³/mol. The fourth-order valence-electron chi connectivity index (χ4n) is 3.20. The minimum atomic E-state index is -1.57. The molecule has 0 aliphatic carbocycles. The summed E-state index contributed by atoms with van der Waals surface area (Å²) in [7, 11) is 1.18. The van der Waals surface area contributed by atoms with Crippen LogP contribution in [0.3, 0.4) is 0 Å². The number of ether oxygens (including phenoxy) is 1. The Labute approximate surface area is 155 Å². The maximum Gasteiger partial charge on any atom is 0.223 e. The monoisotopic (exact) mass is 379 g/mol. The summed E-state index contributed by atoms with van der Waals surface area (Å²) < 4.78 is 45.4. The molecule has 1 saturated heterocycles. The average Bonchev–Trinajstić information content (AvgIpc) is 2.71. The molecule has 1 aromatic heterocycles. The zero-order chi connectivity index (χ0) is 19.4. The van der Waals surface area contributed by atoms with Crippen LogP contribution in [0, 0.1) is 17.5 Å². The Kier molecular flexibility index (Phi) is 5.83. The van der Waals surface area contributed by atoms with E-state index in [0.29, 0.717) is 26.2 Å². The van der Waals surface area contributed by atoms with Crippen LogP contribution >= 0.6 is 0 Å². The summed E-state index contributed by atoms with van der Waals surface area (Å²) in [5, 5.41) is 0. The van der Waals surface area contributed by atoms with Crippen molar-refractivity contribution in [3.8, 4) is 5.75 Å². The highest BCUT2D eigenvalue weighted by Crippen LogP contribution is 2.28. The number of carbonyl (C=O) groups excluding carboxylic acids is 1. The highest BCUT2D eigenvalue weighted by molar-refractivity contribution is 5.77. The van der Waals surface area contributed by atoms with Crippen LogP contribution < -0.4 is 9.64 Å². The molecular weight excluding hydrogens is 359 g/mol. The first-order valence-electron chi connectivity index (χ1n) is 8.64. The van der Waals surface area contributed by atoms with Crippen molar-refractivity contribution < 1.29 is 22.7 Å². The maximum absolute atomic E-state index is 13.8. The molecule has 2 heterocycles. The Balaban J connectivity index is 1.58. The van der Waals surface area contributed by atoms with Gasteiger partial charge in [-0.2, -0.15) is 4.39 Å². The highest BCUT2D eigenvalue weighted by atomic mass is 19.2. The number of piperazine rings is 1. The Morgan fingerprint density at radius 1 is 1.11 bits per heavy atom. The van der Waals surface area contributed by atoms with Crippen molar-refractivity contribution in [3.05, 3.63) is 53.6 Å². The van der Waals surface area contributed by atoms with Crippen LogP contribution in [-0.2, 0) is 11.2 Å². The lowest BCUT2D eigenvalue weighted by Gasteiger charge is -2.36. The Morgan fingerprint density at radius 3 is 2.41 bits per heavy atom. The molecule has 1 aliphatic heterocycles. The molecule has 3 rings (SSSR count). The highest BCUT2D eigenvalue weighted by Gasteiger charge is 2.23.